The molecule has 1 aromatic carbocycles. The van der Waals surface area contributed by atoms with E-state index < -0.39 is 0 Å². The summed E-state index contributed by atoms with van der Waals surface area (Å²) < 4.78 is 14.1. The van der Waals surface area contributed by atoms with Gasteiger partial charge in [-0.2, -0.15) is 0 Å². The average molecular weight is 292 g/mol. The number of fused-ring (bicyclic) bond motifs is 1. The second-order valence-electron chi connectivity index (χ2n) is 4.46. The van der Waals surface area contributed by atoms with E-state index in [1.54, 1.807) is 28.7 Å². The van der Waals surface area contributed by atoms with Crippen molar-refractivity contribution in [2.24, 2.45) is 0 Å². The lowest BCUT2D eigenvalue weighted by Gasteiger charge is -2.11. The van der Waals surface area contributed by atoms with E-state index in [0.717, 1.165) is 21.8 Å². The summed E-state index contributed by atoms with van der Waals surface area (Å²) in [6.45, 7) is 2.13. The summed E-state index contributed by atoms with van der Waals surface area (Å²) in [6, 6.07) is 9.23. The van der Waals surface area contributed by atoms with Crippen molar-refractivity contribution in [3.63, 3.8) is 0 Å². The van der Waals surface area contributed by atoms with E-state index >= 15 is 0 Å². The molecule has 0 fully saturated rings. The van der Waals surface area contributed by atoms with Gasteiger partial charge in [-0.1, -0.05) is 17.4 Å². The van der Waals surface area contributed by atoms with Crippen LogP contribution in [0.25, 0.3) is 10.2 Å². The minimum absolute atomic E-state index is 0.240. The number of aromatic nitrogens is 1. The highest BCUT2D eigenvalue weighted by atomic mass is 32.1. The Kier molecular flexibility index (Phi) is 3.48. The number of rotatable bonds is 4. The molecule has 2 aromatic heterocycles. The van der Waals surface area contributed by atoms with Gasteiger partial charge in [-0.25, -0.2) is 9.37 Å². The normalized spacial score (nSPS) is 12.7. The Bertz CT molecular complexity index is 676. The Balaban J connectivity index is 1.74. The Morgan fingerprint density at radius 2 is 2.26 bits per heavy atom. The Hall–Kier alpha value is -1.46. The van der Waals surface area contributed by atoms with Crippen LogP contribution in [0.2, 0.25) is 0 Å². The summed E-state index contributed by atoms with van der Waals surface area (Å²) in [5, 5.41) is 6.32. The van der Waals surface area contributed by atoms with Crippen LogP contribution in [0.4, 0.5) is 9.52 Å². The number of halogens is 1. The molecule has 0 bridgehead atoms. The molecule has 0 amide bonds. The Morgan fingerprint density at radius 3 is 3.05 bits per heavy atom. The molecule has 3 aromatic rings. The second kappa shape index (κ2) is 5.27. The van der Waals surface area contributed by atoms with E-state index in [-0.39, 0.29) is 5.82 Å². The molecule has 0 aliphatic carbocycles. The second-order valence-corrected chi connectivity index (χ2v) is 6.52. The quantitative estimate of drug-likeness (QED) is 0.763. The zero-order valence-electron chi connectivity index (χ0n) is 10.4. The number of nitrogens with zero attached hydrogens (tertiary/aromatic N) is 1. The largest absolute Gasteiger partial charge is 0.359 e. The van der Waals surface area contributed by atoms with Crippen LogP contribution in [0, 0.1) is 5.82 Å². The summed E-state index contributed by atoms with van der Waals surface area (Å²) in [5.74, 6) is -0.240. The van der Waals surface area contributed by atoms with E-state index in [1.807, 2.05) is 0 Å². The fraction of sp³-hybridized carbons (Fsp3) is 0.214. The van der Waals surface area contributed by atoms with Crippen LogP contribution < -0.4 is 5.32 Å². The maximum atomic E-state index is 13.1. The molecule has 5 heteroatoms. The molecule has 2 nitrogen and oxygen atoms in total. The molecule has 1 atom stereocenters. The summed E-state index contributed by atoms with van der Waals surface area (Å²) >= 11 is 3.32. The van der Waals surface area contributed by atoms with Crippen molar-refractivity contribution in [1.29, 1.82) is 0 Å². The van der Waals surface area contributed by atoms with Gasteiger partial charge in [0.25, 0.3) is 0 Å². The highest BCUT2D eigenvalue weighted by molar-refractivity contribution is 7.22. The maximum Gasteiger partial charge on any atom is 0.184 e. The third-order valence-corrected chi connectivity index (χ3v) is 4.67. The van der Waals surface area contributed by atoms with Crippen molar-refractivity contribution in [3.8, 4) is 0 Å². The summed E-state index contributed by atoms with van der Waals surface area (Å²) in [5.41, 5.74) is 0.718. The van der Waals surface area contributed by atoms with Crippen molar-refractivity contribution in [3.05, 3.63) is 46.4 Å². The number of thiazole rings is 1. The molecule has 19 heavy (non-hydrogen) atoms. The average Bonchev–Trinajstić information content (AvgIpc) is 2.97. The van der Waals surface area contributed by atoms with Crippen LogP contribution >= 0.6 is 22.7 Å². The number of nitrogens with one attached hydrogen (secondary N) is 1. The molecule has 1 N–H and O–H groups in total. The molecule has 1 unspecified atom stereocenters. The number of thiophene rings is 1. The zero-order valence-corrected chi connectivity index (χ0v) is 12.0. The molecule has 0 aliphatic rings. The van der Waals surface area contributed by atoms with Crippen molar-refractivity contribution >= 4 is 38.0 Å². The highest BCUT2D eigenvalue weighted by Gasteiger charge is 2.09. The van der Waals surface area contributed by atoms with E-state index in [9.17, 15) is 4.39 Å². The molecule has 98 valence electrons. The van der Waals surface area contributed by atoms with Gasteiger partial charge in [0.2, 0.25) is 0 Å². The third kappa shape index (κ3) is 2.93. The fourth-order valence-electron chi connectivity index (χ4n) is 1.95. The third-order valence-electron chi connectivity index (χ3n) is 2.81. The number of hydrogen-bond donors (Lipinski definition) is 1. The molecule has 0 spiro atoms. The Labute approximate surface area is 118 Å². The minimum atomic E-state index is -0.240. The fourth-order valence-corrected chi connectivity index (χ4v) is 3.75. The lowest BCUT2D eigenvalue weighted by Crippen LogP contribution is -2.17. The topological polar surface area (TPSA) is 24.9 Å². The van der Waals surface area contributed by atoms with Gasteiger partial charge in [0, 0.05) is 23.4 Å². The van der Waals surface area contributed by atoms with E-state index in [4.69, 9.17) is 0 Å². The van der Waals surface area contributed by atoms with Crippen LogP contribution in [0.15, 0.2) is 35.7 Å². The molecular weight excluding hydrogens is 279 g/mol. The summed E-state index contributed by atoms with van der Waals surface area (Å²) in [7, 11) is 0. The predicted octanol–water partition coefficient (Wildman–Crippen LogP) is 4.54. The van der Waals surface area contributed by atoms with Crippen molar-refractivity contribution in [2.45, 2.75) is 19.4 Å². The van der Waals surface area contributed by atoms with Gasteiger partial charge in [-0.3, -0.25) is 0 Å². The van der Waals surface area contributed by atoms with Crippen LogP contribution in [0.5, 0.6) is 0 Å². The molecule has 2 heterocycles. The van der Waals surface area contributed by atoms with Gasteiger partial charge in [0.15, 0.2) is 5.13 Å². The molecule has 0 saturated heterocycles. The highest BCUT2D eigenvalue weighted by Crippen LogP contribution is 2.27. The van der Waals surface area contributed by atoms with Gasteiger partial charge in [-0.05, 0) is 30.5 Å². The van der Waals surface area contributed by atoms with Gasteiger partial charge < -0.3 is 5.32 Å². The predicted molar refractivity (Wildman–Crippen MR) is 80.7 cm³/mol. The summed E-state index contributed by atoms with van der Waals surface area (Å²) in [6.07, 6.45) is 0.974. The number of anilines is 1. The first-order valence-electron chi connectivity index (χ1n) is 6.06. The lowest BCUT2D eigenvalue weighted by molar-refractivity contribution is 0.629. The van der Waals surface area contributed by atoms with E-state index in [0.29, 0.717) is 6.04 Å². The lowest BCUT2D eigenvalue weighted by atomic mass is 10.2. The first kappa shape index (κ1) is 12.6. The monoisotopic (exact) mass is 292 g/mol. The van der Waals surface area contributed by atoms with Crippen molar-refractivity contribution in [1.82, 2.24) is 4.98 Å². The van der Waals surface area contributed by atoms with Crippen LogP contribution in [0.1, 0.15) is 11.8 Å². The SMILES string of the molecule is CC(Cc1cccs1)Nc1nc2cc(F)ccc2s1. The molecule has 0 aliphatic heterocycles. The van der Waals surface area contributed by atoms with Crippen LogP contribution in [-0.4, -0.2) is 11.0 Å². The van der Waals surface area contributed by atoms with Gasteiger partial charge in [0.1, 0.15) is 5.82 Å². The van der Waals surface area contributed by atoms with Crippen molar-refractivity contribution in [2.75, 3.05) is 5.32 Å². The number of benzene rings is 1. The molecular formula is C14H13FN2S2. The summed E-state index contributed by atoms with van der Waals surface area (Å²) in [4.78, 5) is 5.77. The standard InChI is InChI=1S/C14H13FN2S2/c1-9(7-11-3-2-6-18-11)16-14-17-12-8-10(15)4-5-13(12)19-14/h2-6,8-9H,7H2,1H3,(H,16,17). The first-order valence-corrected chi connectivity index (χ1v) is 7.75. The van der Waals surface area contributed by atoms with E-state index in [1.165, 1.54) is 17.0 Å². The van der Waals surface area contributed by atoms with Crippen molar-refractivity contribution < 1.29 is 4.39 Å². The number of hydrogen-bond acceptors (Lipinski definition) is 4. The van der Waals surface area contributed by atoms with Crippen LogP contribution in [0.3, 0.4) is 0 Å². The minimum Gasteiger partial charge on any atom is -0.359 e. The van der Waals surface area contributed by atoms with E-state index in [2.05, 4.69) is 34.7 Å². The molecule has 3 rings (SSSR count). The Morgan fingerprint density at radius 1 is 1.37 bits per heavy atom. The first-order chi connectivity index (χ1) is 9.20. The molecule has 0 saturated carbocycles. The zero-order chi connectivity index (χ0) is 13.2. The maximum absolute atomic E-state index is 13.1. The van der Waals surface area contributed by atoms with Gasteiger partial charge in [0.05, 0.1) is 10.2 Å². The van der Waals surface area contributed by atoms with Crippen LogP contribution in [-0.2, 0) is 6.42 Å². The molecule has 0 radical (unpaired) electrons. The van der Waals surface area contributed by atoms with Gasteiger partial charge in [-0.15, -0.1) is 11.3 Å². The smallest absolute Gasteiger partial charge is 0.184 e. The van der Waals surface area contributed by atoms with Gasteiger partial charge >= 0.3 is 0 Å².